The Labute approximate surface area is 168 Å². The standard InChI is InChI=1S/C21H20N6S/c1-14-9-10-19(15(2)11-14)20-17(12-22-27-16(3)23-24-21(27)28)13-26(25-20)18-7-5-4-6-8-18/h4-13H,1-3H3,(H,24,28)/b22-12-. The molecule has 0 amide bonds. The molecule has 0 spiro atoms. The molecule has 1 N–H and O–H groups in total. The first-order valence-electron chi connectivity index (χ1n) is 8.94. The molecule has 0 atom stereocenters. The maximum Gasteiger partial charge on any atom is 0.216 e. The third-order valence-electron chi connectivity index (χ3n) is 4.52. The van der Waals surface area contributed by atoms with Crippen molar-refractivity contribution < 1.29 is 0 Å². The van der Waals surface area contributed by atoms with Gasteiger partial charge in [-0.1, -0.05) is 42.0 Å². The van der Waals surface area contributed by atoms with Gasteiger partial charge in [-0.15, -0.1) is 0 Å². The number of aromatic nitrogens is 5. The van der Waals surface area contributed by atoms with Crippen molar-refractivity contribution in [3.63, 3.8) is 0 Å². The van der Waals surface area contributed by atoms with Crippen LogP contribution in [0.2, 0.25) is 0 Å². The smallest absolute Gasteiger partial charge is 0.216 e. The van der Waals surface area contributed by atoms with Crippen LogP contribution in [0.3, 0.4) is 0 Å². The van der Waals surface area contributed by atoms with Gasteiger partial charge >= 0.3 is 0 Å². The van der Waals surface area contributed by atoms with Crippen molar-refractivity contribution in [3.05, 3.63) is 82.0 Å². The van der Waals surface area contributed by atoms with Gasteiger partial charge in [0.25, 0.3) is 0 Å². The molecule has 4 aromatic rings. The van der Waals surface area contributed by atoms with Crippen molar-refractivity contribution >= 4 is 18.4 Å². The molecule has 4 rings (SSSR count). The van der Waals surface area contributed by atoms with Crippen LogP contribution in [0.5, 0.6) is 0 Å². The molecular formula is C21H20N6S. The van der Waals surface area contributed by atoms with Gasteiger partial charge in [-0.25, -0.2) is 4.68 Å². The maximum absolute atomic E-state index is 5.24. The lowest BCUT2D eigenvalue weighted by molar-refractivity contribution is 0.821. The van der Waals surface area contributed by atoms with Gasteiger partial charge in [0, 0.05) is 17.3 Å². The molecule has 28 heavy (non-hydrogen) atoms. The van der Waals surface area contributed by atoms with E-state index in [1.807, 2.05) is 48.1 Å². The second kappa shape index (κ2) is 7.36. The van der Waals surface area contributed by atoms with E-state index in [0.29, 0.717) is 10.6 Å². The Bertz CT molecular complexity index is 1210. The van der Waals surface area contributed by atoms with Crippen molar-refractivity contribution in [2.75, 3.05) is 0 Å². The molecule has 6 nitrogen and oxygen atoms in total. The van der Waals surface area contributed by atoms with Crippen LogP contribution in [-0.2, 0) is 0 Å². The van der Waals surface area contributed by atoms with Crippen molar-refractivity contribution in [3.8, 4) is 16.9 Å². The highest BCUT2D eigenvalue weighted by Gasteiger charge is 2.13. The number of hydrogen-bond donors (Lipinski definition) is 1. The molecule has 2 aromatic heterocycles. The molecular weight excluding hydrogens is 368 g/mol. The van der Waals surface area contributed by atoms with Crippen LogP contribution in [-0.4, -0.2) is 30.9 Å². The maximum atomic E-state index is 5.24. The first kappa shape index (κ1) is 18.1. The number of hydrogen-bond acceptors (Lipinski definition) is 4. The van der Waals surface area contributed by atoms with Crippen LogP contribution >= 0.6 is 12.2 Å². The molecule has 140 valence electrons. The van der Waals surface area contributed by atoms with Crippen LogP contribution in [0.15, 0.2) is 59.8 Å². The van der Waals surface area contributed by atoms with Gasteiger partial charge in [-0.05, 0) is 50.7 Å². The van der Waals surface area contributed by atoms with E-state index < -0.39 is 0 Å². The van der Waals surface area contributed by atoms with Gasteiger partial charge in [0.15, 0.2) is 0 Å². The number of nitrogens with one attached hydrogen (secondary N) is 1. The predicted molar refractivity (Wildman–Crippen MR) is 114 cm³/mol. The molecule has 0 saturated carbocycles. The lowest BCUT2D eigenvalue weighted by Gasteiger charge is -2.05. The quantitative estimate of drug-likeness (QED) is 0.410. The number of H-pyrrole nitrogens is 1. The Balaban J connectivity index is 1.86. The van der Waals surface area contributed by atoms with Crippen LogP contribution in [0, 0.1) is 25.5 Å². The van der Waals surface area contributed by atoms with Gasteiger partial charge in [-0.2, -0.15) is 20.0 Å². The number of benzene rings is 2. The van der Waals surface area contributed by atoms with Gasteiger partial charge < -0.3 is 0 Å². The lowest BCUT2D eigenvalue weighted by Crippen LogP contribution is -1.95. The normalized spacial score (nSPS) is 11.4. The van der Waals surface area contributed by atoms with Crippen molar-refractivity contribution in [2.24, 2.45) is 5.10 Å². The third-order valence-corrected chi connectivity index (χ3v) is 4.79. The summed E-state index contributed by atoms with van der Waals surface area (Å²) in [5.74, 6) is 0.699. The molecule has 0 aliphatic carbocycles. The molecule has 0 unspecified atom stereocenters. The van der Waals surface area contributed by atoms with E-state index >= 15 is 0 Å². The predicted octanol–water partition coefficient (Wildman–Crippen LogP) is 4.60. The van der Waals surface area contributed by atoms with E-state index in [1.165, 1.54) is 11.1 Å². The minimum atomic E-state index is 0.456. The Morgan fingerprint density at radius 2 is 1.86 bits per heavy atom. The second-order valence-electron chi connectivity index (χ2n) is 6.66. The number of para-hydroxylation sites is 1. The minimum absolute atomic E-state index is 0.456. The molecule has 2 aromatic carbocycles. The van der Waals surface area contributed by atoms with Crippen molar-refractivity contribution in [1.82, 2.24) is 24.7 Å². The van der Waals surface area contributed by atoms with Crippen molar-refractivity contribution in [1.29, 1.82) is 0 Å². The van der Waals surface area contributed by atoms with E-state index in [-0.39, 0.29) is 0 Å². The topological polar surface area (TPSA) is 63.8 Å². The third kappa shape index (κ3) is 3.44. The van der Waals surface area contributed by atoms with Gasteiger partial charge in [-0.3, -0.25) is 5.10 Å². The summed E-state index contributed by atoms with van der Waals surface area (Å²) in [7, 11) is 0. The monoisotopic (exact) mass is 388 g/mol. The van der Waals surface area contributed by atoms with Crippen LogP contribution in [0.4, 0.5) is 0 Å². The SMILES string of the molecule is Cc1ccc(-c2nn(-c3ccccc3)cc2/C=N\n2c(C)n[nH]c2=S)c(C)c1. The summed E-state index contributed by atoms with van der Waals surface area (Å²) in [6.07, 6.45) is 3.76. The molecule has 2 heterocycles. The Morgan fingerprint density at radius 3 is 2.54 bits per heavy atom. The number of aryl methyl sites for hydroxylation is 3. The summed E-state index contributed by atoms with van der Waals surface area (Å²) in [4.78, 5) is 0. The van der Waals surface area contributed by atoms with Gasteiger partial charge in [0.2, 0.25) is 4.77 Å². The summed E-state index contributed by atoms with van der Waals surface area (Å²) in [5, 5.41) is 16.2. The molecule has 7 heteroatoms. The highest BCUT2D eigenvalue weighted by atomic mass is 32.1. The number of nitrogens with zero attached hydrogens (tertiary/aromatic N) is 5. The van der Waals surface area contributed by atoms with E-state index in [4.69, 9.17) is 17.3 Å². The Morgan fingerprint density at radius 1 is 1.07 bits per heavy atom. The van der Waals surface area contributed by atoms with Crippen LogP contribution in [0.25, 0.3) is 16.9 Å². The van der Waals surface area contributed by atoms with Gasteiger partial charge in [0.1, 0.15) is 11.5 Å². The fourth-order valence-corrected chi connectivity index (χ4v) is 3.33. The van der Waals surface area contributed by atoms with E-state index in [2.05, 4.69) is 47.3 Å². The molecule has 0 radical (unpaired) electrons. The minimum Gasteiger partial charge on any atom is -0.250 e. The molecule has 0 saturated heterocycles. The Kier molecular flexibility index (Phi) is 4.75. The first-order chi connectivity index (χ1) is 13.5. The zero-order valence-corrected chi connectivity index (χ0v) is 16.7. The van der Waals surface area contributed by atoms with E-state index in [9.17, 15) is 0 Å². The van der Waals surface area contributed by atoms with Crippen LogP contribution < -0.4 is 0 Å². The summed E-state index contributed by atoms with van der Waals surface area (Å²) < 4.78 is 3.93. The molecule has 0 aliphatic heterocycles. The van der Waals surface area contributed by atoms with E-state index in [1.54, 1.807) is 10.9 Å². The van der Waals surface area contributed by atoms with Gasteiger partial charge in [0.05, 0.1) is 11.9 Å². The fourth-order valence-electron chi connectivity index (χ4n) is 3.11. The highest BCUT2D eigenvalue weighted by molar-refractivity contribution is 7.71. The highest BCUT2D eigenvalue weighted by Crippen LogP contribution is 2.26. The summed E-state index contributed by atoms with van der Waals surface area (Å²) in [6, 6.07) is 16.4. The van der Waals surface area contributed by atoms with E-state index in [0.717, 1.165) is 22.5 Å². The molecule has 0 aliphatic rings. The first-order valence-corrected chi connectivity index (χ1v) is 9.35. The number of rotatable bonds is 4. The summed E-state index contributed by atoms with van der Waals surface area (Å²) in [6.45, 7) is 6.04. The summed E-state index contributed by atoms with van der Waals surface area (Å²) in [5.41, 5.74) is 6.23. The van der Waals surface area contributed by atoms with Crippen molar-refractivity contribution in [2.45, 2.75) is 20.8 Å². The lowest BCUT2D eigenvalue weighted by atomic mass is 10.0. The largest absolute Gasteiger partial charge is 0.250 e. The zero-order chi connectivity index (χ0) is 19.7. The average Bonchev–Trinajstić information content (AvgIpc) is 3.24. The fraction of sp³-hybridized carbons (Fsp3) is 0.143. The summed E-state index contributed by atoms with van der Waals surface area (Å²) >= 11 is 5.24. The molecule has 0 bridgehead atoms. The molecule has 0 fully saturated rings. The van der Waals surface area contributed by atoms with Crippen LogP contribution in [0.1, 0.15) is 22.5 Å². The Hall–Kier alpha value is -3.32. The number of aromatic amines is 1. The average molecular weight is 389 g/mol. The zero-order valence-electron chi connectivity index (χ0n) is 15.9. The second-order valence-corrected chi connectivity index (χ2v) is 7.05.